The van der Waals surface area contributed by atoms with Gasteiger partial charge in [0.05, 0.1) is 20.8 Å². The van der Waals surface area contributed by atoms with E-state index in [1.54, 1.807) is 26.4 Å². The summed E-state index contributed by atoms with van der Waals surface area (Å²) in [5.41, 5.74) is 6.69. The molecule has 0 heterocycles. The van der Waals surface area contributed by atoms with Crippen LogP contribution < -0.4 is 25.3 Å². The number of ether oxygens (including phenoxy) is 3. The molecule has 0 aliphatic rings. The largest absolute Gasteiger partial charge is 0.493 e. The molecule has 0 radical (unpaired) electrons. The lowest BCUT2D eigenvalue weighted by atomic mass is 10.3. The fourth-order valence-electron chi connectivity index (χ4n) is 2.10. The summed E-state index contributed by atoms with van der Waals surface area (Å²) in [7, 11) is 3.18. The molecule has 0 aliphatic carbocycles. The van der Waals surface area contributed by atoms with Crippen LogP contribution in [0.5, 0.6) is 17.2 Å². The minimum Gasteiger partial charge on any atom is -0.493 e. The van der Waals surface area contributed by atoms with E-state index in [1.807, 2.05) is 43.3 Å². The van der Waals surface area contributed by atoms with Gasteiger partial charge < -0.3 is 25.3 Å². The summed E-state index contributed by atoms with van der Waals surface area (Å²) < 4.78 is 16.2. The van der Waals surface area contributed by atoms with E-state index in [1.165, 1.54) is 0 Å². The Hall–Kier alpha value is -2.16. The van der Waals surface area contributed by atoms with Crippen molar-refractivity contribution in [1.29, 1.82) is 0 Å². The monoisotopic (exact) mass is 457 g/mol. The number of benzene rings is 2. The number of anilines is 1. The number of nitrogens with two attached hydrogens (primary N) is 1. The minimum atomic E-state index is -0.0850. The number of hydrogen-bond donors (Lipinski definition) is 2. The predicted octanol–water partition coefficient (Wildman–Crippen LogP) is 3.52. The maximum absolute atomic E-state index is 5.92. The molecule has 0 bridgehead atoms. The third-order valence-corrected chi connectivity index (χ3v) is 3.26. The maximum Gasteiger partial charge on any atom is 0.193 e. The van der Waals surface area contributed by atoms with Gasteiger partial charge in [0.2, 0.25) is 0 Å². The van der Waals surface area contributed by atoms with Crippen molar-refractivity contribution in [3.63, 3.8) is 0 Å². The average molecular weight is 457 g/mol. The first-order chi connectivity index (χ1) is 11.6. The van der Waals surface area contributed by atoms with Crippen LogP contribution in [0.4, 0.5) is 5.69 Å². The zero-order valence-corrected chi connectivity index (χ0v) is 16.9. The number of methoxy groups -OCH3 is 2. The molecule has 0 aliphatic heterocycles. The molecule has 2 aromatic carbocycles. The van der Waals surface area contributed by atoms with Gasteiger partial charge in [0.1, 0.15) is 11.9 Å². The molecular formula is C18H24IN3O3. The summed E-state index contributed by atoms with van der Waals surface area (Å²) in [6.07, 6.45) is -0.0850. The van der Waals surface area contributed by atoms with Crippen molar-refractivity contribution in [2.45, 2.75) is 13.0 Å². The fourth-order valence-corrected chi connectivity index (χ4v) is 2.10. The average Bonchev–Trinajstić information content (AvgIpc) is 2.60. The molecule has 2 rings (SSSR count). The van der Waals surface area contributed by atoms with E-state index >= 15 is 0 Å². The van der Waals surface area contributed by atoms with Gasteiger partial charge in [0.25, 0.3) is 0 Å². The van der Waals surface area contributed by atoms with Gasteiger partial charge in [-0.3, -0.25) is 0 Å². The summed E-state index contributed by atoms with van der Waals surface area (Å²) in [5, 5.41) is 3.02. The molecule has 0 fully saturated rings. The second kappa shape index (κ2) is 10.7. The number of guanidine groups is 1. The molecule has 3 N–H and O–H groups in total. The Bertz CT molecular complexity index is 681. The van der Waals surface area contributed by atoms with Crippen LogP contribution >= 0.6 is 24.0 Å². The third-order valence-electron chi connectivity index (χ3n) is 3.26. The van der Waals surface area contributed by atoms with Crippen LogP contribution in [-0.2, 0) is 0 Å². The summed E-state index contributed by atoms with van der Waals surface area (Å²) in [5.74, 6) is 2.40. The molecule has 25 heavy (non-hydrogen) atoms. The number of nitrogens with zero attached hydrogens (tertiary/aromatic N) is 1. The summed E-state index contributed by atoms with van der Waals surface area (Å²) in [6.45, 7) is 2.39. The van der Waals surface area contributed by atoms with Crippen LogP contribution in [0.3, 0.4) is 0 Å². The van der Waals surface area contributed by atoms with Crippen molar-refractivity contribution in [3.05, 3.63) is 48.5 Å². The lowest BCUT2D eigenvalue weighted by Crippen LogP contribution is -2.25. The number of hydrogen-bond acceptors (Lipinski definition) is 4. The van der Waals surface area contributed by atoms with Crippen molar-refractivity contribution < 1.29 is 14.2 Å². The lowest BCUT2D eigenvalue weighted by Gasteiger charge is -2.14. The highest BCUT2D eigenvalue weighted by Crippen LogP contribution is 2.29. The number of halogens is 1. The van der Waals surface area contributed by atoms with Crippen LogP contribution in [0.25, 0.3) is 0 Å². The number of para-hydroxylation sites is 1. The first-order valence-corrected chi connectivity index (χ1v) is 7.63. The Morgan fingerprint density at radius 1 is 1.08 bits per heavy atom. The molecule has 2 aromatic rings. The maximum atomic E-state index is 5.92. The summed E-state index contributed by atoms with van der Waals surface area (Å²) in [4.78, 5) is 4.30. The normalized spacial score (nSPS) is 11.9. The number of nitrogens with one attached hydrogen (secondary N) is 1. The highest BCUT2D eigenvalue weighted by molar-refractivity contribution is 14.0. The fraction of sp³-hybridized carbons (Fsp3) is 0.278. The molecule has 0 saturated carbocycles. The lowest BCUT2D eigenvalue weighted by molar-refractivity contribution is 0.230. The van der Waals surface area contributed by atoms with Crippen molar-refractivity contribution in [2.75, 3.05) is 26.1 Å². The summed E-state index contributed by atoms with van der Waals surface area (Å²) in [6, 6.07) is 15.1. The van der Waals surface area contributed by atoms with Gasteiger partial charge in [-0.2, -0.15) is 0 Å². The van der Waals surface area contributed by atoms with Crippen LogP contribution in [0, 0.1) is 0 Å². The first kappa shape index (κ1) is 20.9. The van der Waals surface area contributed by atoms with Crippen LogP contribution in [0.2, 0.25) is 0 Å². The van der Waals surface area contributed by atoms with Gasteiger partial charge in [-0.25, -0.2) is 4.99 Å². The Kier molecular flexibility index (Phi) is 8.90. The summed E-state index contributed by atoms with van der Waals surface area (Å²) >= 11 is 0. The van der Waals surface area contributed by atoms with Crippen LogP contribution in [0.15, 0.2) is 53.5 Å². The second-order valence-corrected chi connectivity index (χ2v) is 5.16. The number of rotatable bonds is 7. The van der Waals surface area contributed by atoms with Crippen molar-refractivity contribution in [2.24, 2.45) is 10.7 Å². The van der Waals surface area contributed by atoms with Gasteiger partial charge in [0, 0.05) is 11.8 Å². The highest BCUT2D eigenvalue weighted by Gasteiger charge is 2.06. The van der Waals surface area contributed by atoms with E-state index in [0.717, 1.165) is 11.4 Å². The third kappa shape index (κ3) is 6.69. The smallest absolute Gasteiger partial charge is 0.193 e. The van der Waals surface area contributed by atoms with Crippen molar-refractivity contribution >= 4 is 35.6 Å². The molecule has 7 heteroatoms. The number of aliphatic imine (C=N–C) groups is 1. The Balaban J connectivity index is 0.00000312. The van der Waals surface area contributed by atoms with Crippen LogP contribution in [-0.4, -0.2) is 32.8 Å². The molecule has 136 valence electrons. The van der Waals surface area contributed by atoms with E-state index in [9.17, 15) is 0 Å². The highest BCUT2D eigenvalue weighted by atomic mass is 127. The topological polar surface area (TPSA) is 78.1 Å². The SMILES string of the molecule is COc1ccc(NC(N)=NCC(C)Oc2ccccc2)cc1OC.I. The van der Waals surface area contributed by atoms with Gasteiger partial charge >= 0.3 is 0 Å². The van der Waals surface area contributed by atoms with E-state index in [4.69, 9.17) is 19.9 Å². The molecular weight excluding hydrogens is 433 g/mol. The van der Waals surface area contributed by atoms with Crippen molar-refractivity contribution in [3.8, 4) is 17.2 Å². The van der Waals surface area contributed by atoms with Crippen LogP contribution in [0.1, 0.15) is 6.92 Å². The van der Waals surface area contributed by atoms with E-state index in [0.29, 0.717) is 24.0 Å². The predicted molar refractivity (Wildman–Crippen MR) is 112 cm³/mol. The molecule has 6 nitrogen and oxygen atoms in total. The molecule has 1 atom stereocenters. The minimum absolute atomic E-state index is 0. The van der Waals surface area contributed by atoms with E-state index in [2.05, 4.69) is 10.3 Å². The van der Waals surface area contributed by atoms with Crippen molar-refractivity contribution in [1.82, 2.24) is 0 Å². The molecule has 0 saturated heterocycles. The van der Waals surface area contributed by atoms with E-state index in [-0.39, 0.29) is 30.1 Å². The zero-order chi connectivity index (χ0) is 17.4. The molecule has 0 spiro atoms. The molecule has 0 aromatic heterocycles. The Morgan fingerprint density at radius 3 is 2.40 bits per heavy atom. The quantitative estimate of drug-likeness (QED) is 0.378. The Labute approximate surface area is 165 Å². The second-order valence-electron chi connectivity index (χ2n) is 5.16. The first-order valence-electron chi connectivity index (χ1n) is 7.63. The van der Waals surface area contributed by atoms with Gasteiger partial charge in [0.15, 0.2) is 17.5 Å². The van der Waals surface area contributed by atoms with E-state index < -0.39 is 0 Å². The molecule has 0 amide bonds. The Morgan fingerprint density at radius 2 is 1.76 bits per heavy atom. The zero-order valence-electron chi connectivity index (χ0n) is 14.6. The van der Waals surface area contributed by atoms with Gasteiger partial charge in [-0.15, -0.1) is 24.0 Å². The molecule has 1 unspecified atom stereocenters. The van der Waals surface area contributed by atoms with Gasteiger partial charge in [-0.05, 0) is 31.2 Å². The van der Waals surface area contributed by atoms with Gasteiger partial charge in [-0.1, -0.05) is 18.2 Å². The standard InChI is InChI=1S/C18H23N3O3.HI/c1-13(24-15-7-5-4-6-8-15)12-20-18(19)21-14-9-10-16(22-2)17(11-14)23-3;/h4-11,13H,12H2,1-3H3,(H3,19,20,21);1H.